The molecule has 3 N–H and O–H groups in total. The number of pyridine rings is 1. The van der Waals surface area contributed by atoms with Crippen LogP contribution in [0.5, 0.6) is 5.88 Å². The summed E-state index contributed by atoms with van der Waals surface area (Å²) in [5, 5.41) is 21.5. The van der Waals surface area contributed by atoms with Crippen molar-refractivity contribution in [1.82, 2.24) is 39.6 Å². The van der Waals surface area contributed by atoms with Gasteiger partial charge in [0.2, 0.25) is 17.7 Å². The Balaban J connectivity index is 1.13. The summed E-state index contributed by atoms with van der Waals surface area (Å²) in [6, 6.07) is 16.2. The molecule has 14 nitrogen and oxygen atoms in total. The molecule has 2 aromatic carbocycles. The lowest BCUT2D eigenvalue weighted by Gasteiger charge is -2.23. The molecule has 3 amide bonds. The monoisotopic (exact) mass is 786 g/mol. The van der Waals surface area contributed by atoms with Crippen LogP contribution in [0.3, 0.4) is 0 Å². The molecule has 2 saturated heterocycles. The number of aromatic nitrogens is 4. The van der Waals surface area contributed by atoms with Gasteiger partial charge in [-0.3, -0.25) is 19.0 Å². The fraction of sp³-hybridized carbons (Fsp3) is 0.333. The summed E-state index contributed by atoms with van der Waals surface area (Å²) in [6.07, 6.45) is 3.09. The largest absolute Gasteiger partial charge is 0.481 e. The summed E-state index contributed by atoms with van der Waals surface area (Å²) in [5.41, 5.74) is 4.60. The molecule has 2 aliphatic heterocycles. The van der Waals surface area contributed by atoms with Gasteiger partial charge in [0.15, 0.2) is 0 Å². The molecule has 5 aromatic rings. The van der Waals surface area contributed by atoms with Gasteiger partial charge in [-0.05, 0) is 31.0 Å². The standard InChI is InChI=1S/C39H40Cl2N8O6/c1-46-32(19-42-15-17-47-16-5-10-34(47)51)45-49-21-24(18-31(49)38(46)52)26-6-3-7-27(35(26)40)28-8-4-9-29(36(28)41)30-13-11-23(37(44-30)55-2)20-48(39(53)54)22-25-12-14-33(50)43-25/h3-4,6-9,11,13,18,21,25,42H,5,10,12,14-17,19-20,22H2,1-2H3,(H,43,50)(H,53,54)/t25-/m0/s1. The zero-order valence-electron chi connectivity index (χ0n) is 30.3. The Bertz CT molecular complexity index is 2360. The third-order valence-corrected chi connectivity index (χ3v) is 10.9. The van der Waals surface area contributed by atoms with E-state index in [2.05, 4.69) is 10.6 Å². The lowest BCUT2D eigenvalue weighted by Crippen LogP contribution is -2.41. The van der Waals surface area contributed by atoms with Crippen LogP contribution < -0.4 is 20.9 Å². The predicted molar refractivity (Wildman–Crippen MR) is 208 cm³/mol. The summed E-state index contributed by atoms with van der Waals surface area (Å²) in [4.78, 5) is 56.9. The fourth-order valence-electron chi connectivity index (χ4n) is 7.14. The van der Waals surface area contributed by atoms with Crippen LogP contribution in [-0.4, -0.2) is 91.3 Å². The van der Waals surface area contributed by atoms with E-state index < -0.39 is 6.09 Å². The quantitative estimate of drug-likeness (QED) is 0.136. The number of carbonyl (C=O) groups excluding carboxylic acids is 2. The van der Waals surface area contributed by atoms with E-state index in [1.165, 1.54) is 16.6 Å². The number of nitrogens with one attached hydrogen (secondary N) is 2. The van der Waals surface area contributed by atoms with Crippen molar-refractivity contribution < 1.29 is 24.2 Å². The maximum atomic E-state index is 13.4. The zero-order valence-corrected chi connectivity index (χ0v) is 31.9. The highest BCUT2D eigenvalue weighted by Crippen LogP contribution is 2.42. The minimum atomic E-state index is -1.12. The molecule has 286 valence electrons. The van der Waals surface area contributed by atoms with Crippen LogP contribution >= 0.6 is 23.2 Å². The van der Waals surface area contributed by atoms with Crippen molar-refractivity contribution in [3.8, 4) is 39.4 Å². The number of nitrogens with zero attached hydrogens (tertiary/aromatic N) is 6. The molecule has 0 radical (unpaired) electrons. The molecule has 7 rings (SSSR count). The topological polar surface area (TPSA) is 163 Å². The highest BCUT2D eigenvalue weighted by atomic mass is 35.5. The molecule has 0 saturated carbocycles. The molecule has 3 aromatic heterocycles. The van der Waals surface area contributed by atoms with Crippen LogP contribution in [0.4, 0.5) is 4.79 Å². The highest BCUT2D eigenvalue weighted by molar-refractivity contribution is 6.39. The molecular formula is C39H40Cl2N8O6. The van der Waals surface area contributed by atoms with Crippen molar-refractivity contribution in [2.75, 3.05) is 33.3 Å². The molecule has 5 heterocycles. The van der Waals surface area contributed by atoms with Crippen LogP contribution in [0, 0.1) is 0 Å². The molecule has 0 aliphatic carbocycles. The van der Waals surface area contributed by atoms with Gasteiger partial charge in [0.1, 0.15) is 11.3 Å². The summed E-state index contributed by atoms with van der Waals surface area (Å²) < 4.78 is 8.69. The van der Waals surface area contributed by atoms with Crippen LogP contribution in [-0.2, 0) is 29.7 Å². The minimum Gasteiger partial charge on any atom is -0.481 e. The number of amides is 3. The summed E-state index contributed by atoms with van der Waals surface area (Å²) in [5.74, 6) is 0.884. The van der Waals surface area contributed by atoms with Gasteiger partial charge in [-0.25, -0.2) is 14.3 Å². The number of benzene rings is 2. The van der Waals surface area contributed by atoms with Gasteiger partial charge in [-0.1, -0.05) is 59.6 Å². The van der Waals surface area contributed by atoms with E-state index in [4.69, 9.17) is 38.0 Å². The summed E-state index contributed by atoms with van der Waals surface area (Å²) >= 11 is 14.2. The Morgan fingerprint density at radius 3 is 2.44 bits per heavy atom. The van der Waals surface area contributed by atoms with Crippen molar-refractivity contribution in [3.63, 3.8) is 0 Å². The van der Waals surface area contributed by atoms with E-state index in [9.17, 15) is 24.3 Å². The molecule has 1 atom stereocenters. The number of carbonyl (C=O) groups is 3. The average Bonchev–Trinajstić information content (AvgIpc) is 3.91. The second-order valence-corrected chi connectivity index (χ2v) is 14.4. The first-order valence-electron chi connectivity index (χ1n) is 18.0. The first-order valence-corrected chi connectivity index (χ1v) is 18.7. The van der Waals surface area contributed by atoms with Crippen LogP contribution in [0.2, 0.25) is 10.0 Å². The lowest BCUT2D eigenvalue weighted by atomic mass is 9.97. The number of hydrogen-bond acceptors (Lipinski definition) is 8. The Morgan fingerprint density at radius 1 is 1.04 bits per heavy atom. The number of hydrogen-bond donors (Lipinski definition) is 3. The molecule has 2 aliphatic rings. The van der Waals surface area contributed by atoms with Gasteiger partial charge >= 0.3 is 6.09 Å². The second-order valence-electron chi connectivity index (χ2n) is 13.7. The van der Waals surface area contributed by atoms with Crippen molar-refractivity contribution in [2.45, 2.75) is 44.8 Å². The van der Waals surface area contributed by atoms with E-state index in [0.29, 0.717) is 99.4 Å². The molecule has 0 spiro atoms. The number of likely N-dealkylation sites (tertiary alicyclic amines) is 1. The number of ether oxygens (including phenoxy) is 1. The van der Waals surface area contributed by atoms with Crippen molar-refractivity contribution in [2.24, 2.45) is 7.05 Å². The number of carboxylic acid groups (broad SMARTS) is 1. The predicted octanol–water partition coefficient (Wildman–Crippen LogP) is 5.22. The number of fused-ring (bicyclic) bond motifs is 1. The average molecular weight is 788 g/mol. The van der Waals surface area contributed by atoms with Crippen molar-refractivity contribution >= 4 is 46.6 Å². The van der Waals surface area contributed by atoms with Gasteiger partial charge in [-0.15, -0.1) is 0 Å². The summed E-state index contributed by atoms with van der Waals surface area (Å²) in [6.45, 7) is 2.50. The SMILES string of the molecule is COc1nc(-c2cccc(-c3cccc(-c4cc5c(=O)n(C)c(CNCCN6CCCC6=O)nn5c4)c3Cl)c2Cl)ccc1CN(C[C@@H]1CCC(=O)N1)C(=O)O. The van der Waals surface area contributed by atoms with Crippen LogP contribution in [0.1, 0.15) is 37.1 Å². The van der Waals surface area contributed by atoms with E-state index in [-0.39, 0.29) is 42.4 Å². The van der Waals surface area contributed by atoms with E-state index >= 15 is 0 Å². The third-order valence-electron chi connectivity index (χ3n) is 10.1. The minimum absolute atomic E-state index is 0.0190. The third kappa shape index (κ3) is 7.88. The van der Waals surface area contributed by atoms with Gasteiger partial charge in [0, 0.05) is 91.7 Å². The highest BCUT2D eigenvalue weighted by Gasteiger charge is 2.27. The second kappa shape index (κ2) is 16.1. The molecule has 16 heteroatoms. The normalized spacial score (nSPS) is 15.6. The number of rotatable bonds is 13. The molecule has 0 bridgehead atoms. The van der Waals surface area contributed by atoms with Crippen LogP contribution in [0.15, 0.2) is 65.6 Å². The number of methoxy groups -OCH3 is 1. The number of halogens is 2. The Labute approximate surface area is 326 Å². The molecule has 55 heavy (non-hydrogen) atoms. The smallest absolute Gasteiger partial charge is 0.407 e. The van der Waals surface area contributed by atoms with Gasteiger partial charge in [-0.2, -0.15) is 5.10 Å². The lowest BCUT2D eigenvalue weighted by molar-refractivity contribution is -0.127. The van der Waals surface area contributed by atoms with E-state index in [1.807, 2.05) is 41.3 Å². The maximum absolute atomic E-state index is 13.4. The first kappa shape index (κ1) is 37.9. The summed E-state index contributed by atoms with van der Waals surface area (Å²) in [7, 11) is 3.16. The maximum Gasteiger partial charge on any atom is 0.407 e. The Morgan fingerprint density at radius 2 is 1.76 bits per heavy atom. The fourth-order valence-corrected chi connectivity index (χ4v) is 7.81. The van der Waals surface area contributed by atoms with Gasteiger partial charge < -0.3 is 30.3 Å². The van der Waals surface area contributed by atoms with E-state index in [0.717, 1.165) is 13.0 Å². The van der Waals surface area contributed by atoms with Gasteiger partial charge in [0.05, 0.1) is 35.9 Å². The Hall–Kier alpha value is -5.44. The molecular weight excluding hydrogens is 747 g/mol. The van der Waals surface area contributed by atoms with E-state index in [1.54, 1.807) is 36.0 Å². The van der Waals surface area contributed by atoms with Crippen LogP contribution in [0.25, 0.3) is 39.0 Å². The van der Waals surface area contributed by atoms with Crippen molar-refractivity contribution in [3.05, 3.63) is 92.6 Å². The molecule has 0 unspecified atom stereocenters. The first-order chi connectivity index (χ1) is 26.5. The Kier molecular flexibility index (Phi) is 11.1. The van der Waals surface area contributed by atoms with Gasteiger partial charge in [0.25, 0.3) is 5.56 Å². The van der Waals surface area contributed by atoms with Crippen molar-refractivity contribution in [1.29, 1.82) is 0 Å². The zero-order chi connectivity index (χ0) is 38.8. The molecule has 2 fully saturated rings.